The van der Waals surface area contributed by atoms with Crippen molar-refractivity contribution in [2.45, 2.75) is 18.9 Å². The van der Waals surface area contributed by atoms with E-state index in [1.54, 1.807) is 17.6 Å². The number of nitrogens with two attached hydrogens (primary N) is 1. The van der Waals surface area contributed by atoms with E-state index < -0.39 is 5.54 Å². The van der Waals surface area contributed by atoms with Gasteiger partial charge in [-0.2, -0.15) is 5.10 Å². The molecule has 1 unspecified atom stereocenters. The number of aliphatic hydroxyl groups excluding tert-OH is 1. The third kappa shape index (κ3) is 2.14. The van der Waals surface area contributed by atoms with Gasteiger partial charge in [0.05, 0.1) is 12.3 Å². The largest absolute Gasteiger partial charge is 0.394 e. The van der Waals surface area contributed by atoms with Crippen LogP contribution in [0.25, 0.3) is 5.65 Å². The Morgan fingerprint density at radius 3 is 3.07 bits per heavy atom. The lowest BCUT2D eigenvalue weighted by atomic mass is 9.99. The normalized spacial score (nSPS) is 15.4. The molecule has 2 aromatic heterocycles. The third-order valence-electron chi connectivity index (χ3n) is 2.23. The summed E-state index contributed by atoms with van der Waals surface area (Å²) in [5.41, 5.74) is 6.86. The fourth-order valence-corrected chi connectivity index (χ4v) is 1.44. The van der Waals surface area contributed by atoms with Gasteiger partial charge in [0.2, 0.25) is 0 Å². The number of hydrogen-bond acceptors (Lipinski definition) is 4. The molecule has 0 aromatic carbocycles. The predicted molar refractivity (Wildman–Crippen MR) is 56.4 cm³/mol. The molecule has 3 N–H and O–H groups in total. The number of nitrogens with zero attached hydrogens (tertiary/aromatic N) is 3. The van der Waals surface area contributed by atoms with Crippen molar-refractivity contribution in [2.24, 2.45) is 5.73 Å². The summed E-state index contributed by atoms with van der Waals surface area (Å²) in [5, 5.41) is 13.4. The van der Waals surface area contributed by atoms with Gasteiger partial charge in [-0.25, -0.2) is 9.50 Å². The van der Waals surface area contributed by atoms with Gasteiger partial charge >= 0.3 is 0 Å². The molecule has 0 saturated carbocycles. The molecule has 1 atom stereocenters. The zero-order chi connectivity index (χ0) is 10.9. The Morgan fingerprint density at radius 1 is 1.60 bits per heavy atom. The van der Waals surface area contributed by atoms with Crippen LogP contribution >= 0.6 is 0 Å². The quantitative estimate of drug-likeness (QED) is 0.740. The SMILES string of the molecule is CC(N)(CO)Cc1cc2ncccn2n1. The van der Waals surface area contributed by atoms with Crippen molar-refractivity contribution in [1.82, 2.24) is 14.6 Å². The molecule has 2 rings (SSSR count). The Bertz CT molecular complexity index is 430. The van der Waals surface area contributed by atoms with E-state index in [4.69, 9.17) is 10.8 Å². The van der Waals surface area contributed by atoms with E-state index in [0.717, 1.165) is 11.3 Å². The molecule has 0 saturated heterocycles. The minimum absolute atomic E-state index is 0.0612. The maximum absolute atomic E-state index is 9.06. The van der Waals surface area contributed by atoms with Crippen LogP contribution in [0.4, 0.5) is 0 Å². The van der Waals surface area contributed by atoms with Gasteiger partial charge in [0.15, 0.2) is 5.65 Å². The molecule has 0 amide bonds. The van der Waals surface area contributed by atoms with Gasteiger partial charge in [-0.15, -0.1) is 0 Å². The summed E-state index contributed by atoms with van der Waals surface area (Å²) in [5.74, 6) is 0. The summed E-state index contributed by atoms with van der Waals surface area (Å²) >= 11 is 0. The van der Waals surface area contributed by atoms with Crippen LogP contribution in [0, 0.1) is 0 Å². The summed E-state index contributed by atoms with van der Waals surface area (Å²) in [6, 6.07) is 3.69. The van der Waals surface area contributed by atoms with Crippen LogP contribution in [-0.2, 0) is 6.42 Å². The first-order chi connectivity index (χ1) is 7.11. The Kier molecular flexibility index (Phi) is 2.42. The number of hydrogen-bond donors (Lipinski definition) is 2. The lowest BCUT2D eigenvalue weighted by molar-refractivity contribution is 0.207. The van der Waals surface area contributed by atoms with Crippen molar-refractivity contribution in [3.63, 3.8) is 0 Å². The zero-order valence-electron chi connectivity index (χ0n) is 8.59. The molecule has 0 radical (unpaired) electrons. The minimum atomic E-state index is -0.627. The molecule has 5 nitrogen and oxygen atoms in total. The first kappa shape index (κ1) is 10.1. The maximum atomic E-state index is 9.06. The Balaban J connectivity index is 2.30. The smallest absolute Gasteiger partial charge is 0.155 e. The summed E-state index contributed by atoms with van der Waals surface area (Å²) in [4.78, 5) is 4.15. The number of fused-ring (bicyclic) bond motifs is 1. The second-order valence-electron chi connectivity index (χ2n) is 4.05. The fraction of sp³-hybridized carbons (Fsp3) is 0.400. The summed E-state index contributed by atoms with van der Waals surface area (Å²) in [6.45, 7) is 1.73. The molecular weight excluding hydrogens is 192 g/mol. The van der Waals surface area contributed by atoms with Gasteiger partial charge in [0, 0.05) is 30.4 Å². The minimum Gasteiger partial charge on any atom is -0.394 e. The van der Waals surface area contributed by atoms with E-state index in [9.17, 15) is 0 Å². The molecule has 0 aliphatic heterocycles. The highest BCUT2D eigenvalue weighted by molar-refractivity contribution is 5.38. The second-order valence-corrected chi connectivity index (χ2v) is 4.05. The van der Waals surface area contributed by atoms with Crippen molar-refractivity contribution in [3.8, 4) is 0 Å². The Hall–Kier alpha value is -1.46. The second kappa shape index (κ2) is 3.60. The average molecular weight is 206 g/mol. The molecule has 80 valence electrons. The summed E-state index contributed by atoms with van der Waals surface area (Å²) in [7, 11) is 0. The van der Waals surface area contributed by atoms with Crippen LogP contribution in [0.2, 0.25) is 0 Å². The zero-order valence-corrected chi connectivity index (χ0v) is 8.59. The third-order valence-corrected chi connectivity index (χ3v) is 2.23. The highest BCUT2D eigenvalue weighted by Gasteiger charge is 2.19. The number of aromatic nitrogens is 3. The molecular formula is C10H14N4O. The molecule has 0 bridgehead atoms. The summed E-state index contributed by atoms with van der Waals surface area (Å²) in [6.07, 6.45) is 4.08. The van der Waals surface area contributed by atoms with Crippen LogP contribution < -0.4 is 5.73 Å². The lowest BCUT2D eigenvalue weighted by Gasteiger charge is -2.19. The predicted octanol–water partition coefficient (Wildman–Crippen LogP) is -0.0185. The highest BCUT2D eigenvalue weighted by Crippen LogP contribution is 2.10. The van der Waals surface area contributed by atoms with Crippen LogP contribution in [0.3, 0.4) is 0 Å². The van der Waals surface area contributed by atoms with Crippen molar-refractivity contribution in [1.29, 1.82) is 0 Å². The van der Waals surface area contributed by atoms with Crippen molar-refractivity contribution in [2.75, 3.05) is 6.61 Å². The molecule has 2 heterocycles. The molecule has 0 aliphatic rings. The van der Waals surface area contributed by atoms with Gasteiger partial charge < -0.3 is 10.8 Å². The number of aliphatic hydroxyl groups is 1. The molecule has 5 heteroatoms. The standard InChI is InChI=1S/C10H14N4O/c1-10(11,7-15)6-8-5-9-12-3-2-4-14(9)13-8/h2-5,15H,6-7,11H2,1H3. The van der Waals surface area contributed by atoms with Crippen LogP contribution in [0.1, 0.15) is 12.6 Å². The first-order valence-corrected chi connectivity index (χ1v) is 4.80. The van der Waals surface area contributed by atoms with Gasteiger partial charge in [-0.1, -0.05) is 0 Å². The molecule has 0 spiro atoms. The fourth-order valence-electron chi connectivity index (χ4n) is 1.44. The van der Waals surface area contributed by atoms with E-state index in [1.807, 2.05) is 18.3 Å². The number of rotatable bonds is 3. The van der Waals surface area contributed by atoms with Crippen molar-refractivity contribution in [3.05, 3.63) is 30.2 Å². The summed E-state index contributed by atoms with van der Waals surface area (Å²) < 4.78 is 1.70. The van der Waals surface area contributed by atoms with Crippen LogP contribution in [0.5, 0.6) is 0 Å². The monoisotopic (exact) mass is 206 g/mol. The van der Waals surface area contributed by atoms with Crippen LogP contribution in [-0.4, -0.2) is 31.9 Å². The topological polar surface area (TPSA) is 76.4 Å². The van der Waals surface area contributed by atoms with Gasteiger partial charge in [-0.05, 0) is 13.0 Å². The molecule has 2 aromatic rings. The van der Waals surface area contributed by atoms with Gasteiger partial charge in [-0.3, -0.25) is 0 Å². The van der Waals surface area contributed by atoms with E-state index in [-0.39, 0.29) is 6.61 Å². The van der Waals surface area contributed by atoms with Gasteiger partial charge in [0.25, 0.3) is 0 Å². The van der Waals surface area contributed by atoms with E-state index in [2.05, 4.69) is 10.1 Å². The van der Waals surface area contributed by atoms with E-state index in [1.165, 1.54) is 0 Å². The van der Waals surface area contributed by atoms with E-state index in [0.29, 0.717) is 6.42 Å². The lowest BCUT2D eigenvalue weighted by Crippen LogP contribution is -2.42. The highest BCUT2D eigenvalue weighted by atomic mass is 16.3. The van der Waals surface area contributed by atoms with Crippen molar-refractivity contribution >= 4 is 5.65 Å². The van der Waals surface area contributed by atoms with Crippen molar-refractivity contribution < 1.29 is 5.11 Å². The molecule has 0 fully saturated rings. The van der Waals surface area contributed by atoms with E-state index >= 15 is 0 Å². The Labute approximate surface area is 87.6 Å². The maximum Gasteiger partial charge on any atom is 0.155 e. The van der Waals surface area contributed by atoms with Gasteiger partial charge in [0.1, 0.15) is 0 Å². The first-order valence-electron chi connectivity index (χ1n) is 4.80. The van der Waals surface area contributed by atoms with Crippen LogP contribution in [0.15, 0.2) is 24.5 Å². The molecule has 0 aliphatic carbocycles. The average Bonchev–Trinajstić information content (AvgIpc) is 2.58. The molecule has 15 heavy (non-hydrogen) atoms. The Morgan fingerprint density at radius 2 is 2.40 bits per heavy atom.